The number of rotatable bonds is 2. The van der Waals surface area contributed by atoms with E-state index in [0.29, 0.717) is 5.95 Å². The molecule has 96 valence electrons. The predicted octanol–water partition coefficient (Wildman–Crippen LogP) is 2.60. The number of hydrogen-bond donors (Lipinski definition) is 1. The van der Waals surface area contributed by atoms with Crippen molar-refractivity contribution in [1.82, 2.24) is 9.55 Å². The number of nitrogen functional groups attached to an aromatic ring is 1. The fourth-order valence-corrected chi connectivity index (χ4v) is 2.00. The number of nitrogens with two attached hydrogens (primary N) is 1. The van der Waals surface area contributed by atoms with Gasteiger partial charge < -0.3 is 15.0 Å². The van der Waals surface area contributed by atoms with Crippen molar-refractivity contribution in [3.05, 3.63) is 29.0 Å². The van der Waals surface area contributed by atoms with Crippen molar-refractivity contribution in [3.8, 4) is 17.0 Å². The summed E-state index contributed by atoms with van der Waals surface area (Å²) >= 11 is 0. The number of imidazole rings is 1. The molecule has 4 nitrogen and oxygen atoms in total. The molecule has 0 radical (unpaired) electrons. The van der Waals surface area contributed by atoms with Gasteiger partial charge in [0.2, 0.25) is 5.95 Å². The molecule has 0 aliphatic rings. The van der Waals surface area contributed by atoms with Crippen molar-refractivity contribution in [2.24, 2.45) is 7.05 Å². The van der Waals surface area contributed by atoms with Crippen LogP contribution in [0.2, 0.25) is 0 Å². The normalized spacial score (nSPS) is 10.7. The van der Waals surface area contributed by atoms with Crippen LogP contribution in [-0.2, 0) is 7.05 Å². The van der Waals surface area contributed by atoms with Crippen LogP contribution >= 0.6 is 0 Å². The molecule has 0 amide bonds. The summed E-state index contributed by atoms with van der Waals surface area (Å²) in [5.41, 5.74) is 11.2. The number of nitrogens with zero attached hydrogens (tertiary/aromatic N) is 2. The molecule has 0 aliphatic carbocycles. The lowest BCUT2D eigenvalue weighted by Crippen LogP contribution is -1.97. The summed E-state index contributed by atoms with van der Waals surface area (Å²) in [4.78, 5) is 4.42. The van der Waals surface area contributed by atoms with E-state index >= 15 is 0 Å². The largest absolute Gasteiger partial charge is 0.496 e. The Morgan fingerprint density at radius 3 is 2.28 bits per heavy atom. The molecule has 1 heterocycles. The highest BCUT2D eigenvalue weighted by Gasteiger charge is 2.16. The summed E-state index contributed by atoms with van der Waals surface area (Å²) in [7, 11) is 3.59. The van der Waals surface area contributed by atoms with Crippen molar-refractivity contribution >= 4 is 5.95 Å². The molecular formula is C14H19N3O. The zero-order valence-electron chi connectivity index (χ0n) is 11.5. The Labute approximate surface area is 107 Å². The Bertz CT molecular complexity index is 600. The van der Waals surface area contributed by atoms with E-state index in [0.717, 1.165) is 22.7 Å². The third-order valence-electron chi connectivity index (χ3n) is 3.49. The lowest BCUT2D eigenvalue weighted by molar-refractivity contribution is 0.416. The first-order valence-corrected chi connectivity index (χ1v) is 5.90. The van der Waals surface area contributed by atoms with Gasteiger partial charge in [-0.15, -0.1) is 0 Å². The van der Waals surface area contributed by atoms with E-state index in [1.54, 1.807) is 7.11 Å². The van der Waals surface area contributed by atoms with Crippen LogP contribution in [0.4, 0.5) is 5.95 Å². The molecule has 0 saturated carbocycles. The van der Waals surface area contributed by atoms with Crippen LogP contribution in [0.25, 0.3) is 11.3 Å². The molecule has 18 heavy (non-hydrogen) atoms. The van der Waals surface area contributed by atoms with E-state index in [9.17, 15) is 0 Å². The third-order valence-corrected chi connectivity index (χ3v) is 3.49. The number of aryl methyl sites for hydroxylation is 2. The minimum absolute atomic E-state index is 0.516. The number of methoxy groups -OCH3 is 1. The Balaban J connectivity index is 2.70. The first kappa shape index (κ1) is 12.5. The average Bonchev–Trinajstić information content (AvgIpc) is 2.60. The fourth-order valence-electron chi connectivity index (χ4n) is 2.00. The van der Waals surface area contributed by atoms with Crippen molar-refractivity contribution in [3.63, 3.8) is 0 Å². The SMILES string of the molecule is COc1cc(C)c(C)cc1-c1nc(N)n(C)c1C. The highest BCUT2D eigenvalue weighted by atomic mass is 16.5. The summed E-state index contributed by atoms with van der Waals surface area (Å²) in [6.07, 6.45) is 0. The Hall–Kier alpha value is -1.97. The first-order chi connectivity index (χ1) is 8.45. The molecular weight excluding hydrogens is 226 g/mol. The van der Waals surface area contributed by atoms with Crippen LogP contribution in [0.1, 0.15) is 16.8 Å². The molecule has 0 saturated heterocycles. The fraction of sp³-hybridized carbons (Fsp3) is 0.357. The molecule has 2 aromatic rings. The third kappa shape index (κ3) is 1.83. The molecule has 0 spiro atoms. The second-order valence-electron chi connectivity index (χ2n) is 4.60. The van der Waals surface area contributed by atoms with Gasteiger partial charge in [0, 0.05) is 18.3 Å². The van der Waals surface area contributed by atoms with Crippen molar-refractivity contribution in [1.29, 1.82) is 0 Å². The zero-order valence-corrected chi connectivity index (χ0v) is 11.5. The van der Waals surface area contributed by atoms with Crippen LogP contribution in [0.3, 0.4) is 0 Å². The molecule has 0 aliphatic heterocycles. The standard InChI is InChI=1S/C14H19N3O/c1-8-6-11(12(18-5)7-9(8)2)13-10(3)17(4)14(15)16-13/h6-7H,1-5H3,(H2,15,16). The van der Waals surface area contributed by atoms with Gasteiger partial charge in [0.25, 0.3) is 0 Å². The van der Waals surface area contributed by atoms with Gasteiger partial charge in [0.05, 0.1) is 12.8 Å². The van der Waals surface area contributed by atoms with Crippen LogP contribution in [0.5, 0.6) is 5.75 Å². The lowest BCUT2D eigenvalue weighted by atomic mass is 10.0. The van der Waals surface area contributed by atoms with Crippen LogP contribution in [-0.4, -0.2) is 16.7 Å². The molecule has 1 aromatic carbocycles. The summed E-state index contributed by atoms with van der Waals surface area (Å²) in [6, 6.07) is 4.14. The second kappa shape index (κ2) is 4.37. The zero-order chi connectivity index (χ0) is 13.4. The summed E-state index contributed by atoms with van der Waals surface area (Å²) in [5.74, 6) is 1.35. The van der Waals surface area contributed by atoms with Gasteiger partial charge in [0.15, 0.2) is 0 Å². The van der Waals surface area contributed by atoms with Crippen LogP contribution < -0.4 is 10.5 Å². The summed E-state index contributed by atoms with van der Waals surface area (Å²) in [5, 5.41) is 0. The minimum Gasteiger partial charge on any atom is -0.496 e. The maximum Gasteiger partial charge on any atom is 0.200 e. The van der Waals surface area contributed by atoms with E-state index in [1.165, 1.54) is 11.1 Å². The molecule has 1 aromatic heterocycles. The van der Waals surface area contributed by atoms with E-state index in [-0.39, 0.29) is 0 Å². The van der Waals surface area contributed by atoms with Crippen LogP contribution in [0, 0.1) is 20.8 Å². The lowest BCUT2D eigenvalue weighted by Gasteiger charge is -2.11. The Kier molecular flexibility index (Phi) is 3.03. The molecule has 4 heteroatoms. The number of anilines is 1. The maximum absolute atomic E-state index is 5.85. The Morgan fingerprint density at radius 2 is 1.78 bits per heavy atom. The molecule has 0 fully saturated rings. The van der Waals surface area contributed by atoms with Gasteiger partial charge >= 0.3 is 0 Å². The van der Waals surface area contributed by atoms with Crippen molar-refractivity contribution in [2.75, 3.05) is 12.8 Å². The van der Waals surface area contributed by atoms with Crippen molar-refractivity contribution < 1.29 is 4.74 Å². The maximum atomic E-state index is 5.85. The van der Waals surface area contributed by atoms with Gasteiger partial charge in [-0.3, -0.25) is 0 Å². The Morgan fingerprint density at radius 1 is 1.17 bits per heavy atom. The second-order valence-corrected chi connectivity index (χ2v) is 4.60. The van der Waals surface area contributed by atoms with E-state index < -0.39 is 0 Å². The van der Waals surface area contributed by atoms with E-state index in [4.69, 9.17) is 10.5 Å². The monoisotopic (exact) mass is 245 g/mol. The average molecular weight is 245 g/mol. The molecule has 2 rings (SSSR count). The van der Waals surface area contributed by atoms with Gasteiger partial charge in [-0.05, 0) is 44.0 Å². The van der Waals surface area contributed by atoms with Gasteiger partial charge in [-0.1, -0.05) is 0 Å². The van der Waals surface area contributed by atoms with E-state index in [1.807, 2.05) is 24.6 Å². The smallest absolute Gasteiger partial charge is 0.200 e. The molecule has 0 atom stereocenters. The predicted molar refractivity (Wildman–Crippen MR) is 73.8 cm³/mol. The highest BCUT2D eigenvalue weighted by molar-refractivity contribution is 5.72. The summed E-state index contributed by atoms with van der Waals surface area (Å²) in [6.45, 7) is 6.16. The molecule has 2 N–H and O–H groups in total. The molecule has 0 unspecified atom stereocenters. The van der Waals surface area contributed by atoms with E-state index in [2.05, 4.69) is 24.9 Å². The number of benzene rings is 1. The van der Waals surface area contributed by atoms with Crippen LogP contribution in [0.15, 0.2) is 12.1 Å². The van der Waals surface area contributed by atoms with Gasteiger partial charge in [-0.2, -0.15) is 0 Å². The quantitative estimate of drug-likeness (QED) is 0.884. The number of ether oxygens (including phenoxy) is 1. The summed E-state index contributed by atoms with van der Waals surface area (Å²) < 4.78 is 7.33. The number of aromatic nitrogens is 2. The van der Waals surface area contributed by atoms with Gasteiger partial charge in [-0.25, -0.2) is 4.98 Å². The topological polar surface area (TPSA) is 53.1 Å². The van der Waals surface area contributed by atoms with Crippen molar-refractivity contribution in [2.45, 2.75) is 20.8 Å². The number of hydrogen-bond acceptors (Lipinski definition) is 3. The van der Waals surface area contributed by atoms with Gasteiger partial charge in [0.1, 0.15) is 5.75 Å². The first-order valence-electron chi connectivity index (χ1n) is 5.90. The molecule has 0 bridgehead atoms. The minimum atomic E-state index is 0.516. The highest BCUT2D eigenvalue weighted by Crippen LogP contribution is 2.34.